The molecule has 5 heteroatoms. The third-order valence-corrected chi connectivity index (χ3v) is 3.69. The third-order valence-electron chi connectivity index (χ3n) is 3.69. The summed E-state index contributed by atoms with van der Waals surface area (Å²) in [7, 11) is 1.64. The number of aryl methyl sites for hydroxylation is 1. The Morgan fingerprint density at radius 2 is 2.00 bits per heavy atom. The van der Waals surface area contributed by atoms with E-state index in [0.29, 0.717) is 12.2 Å². The van der Waals surface area contributed by atoms with Crippen LogP contribution >= 0.6 is 0 Å². The van der Waals surface area contributed by atoms with Gasteiger partial charge in [0.2, 0.25) is 0 Å². The summed E-state index contributed by atoms with van der Waals surface area (Å²) in [4.78, 5) is 12.3. The van der Waals surface area contributed by atoms with Gasteiger partial charge in [-0.05, 0) is 50.6 Å². The monoisotopic (exact) mass is 301 g/mol. The number of amides is 1. The average molecular weight is 301 g/mol. The molecule has 1 aromatic carbocycles. The SMILES string of the molecule is CC[C@H](C)NC(=O)c1cc(-c2ccc(OC)cc2)nn1CC. The summed E-state index contributed by atoms with van der Waals surface area (Å²) in [6.07, 6.45) is 0.900. The Labute approximate surface area is 131 Å². The highest BCUT2D eigenvalue weighted by molar-refractivity contribution is 5.93. The first kappa shape index (κ1) is 16.1. The summed E-state index contributed by atoms with van der Waals surface area (Å²) in [6.45, 7) is 6.67. The molecular formula is C17H23N3O2. The lowest BCUT2D eigenvalue weighted by atomic mass is 10.1. The van der Waals surface area contributed by atoms with Crippen LogP contribution in [0.25, 0.3) is 11.3 Å². The van der Waals surface area contributed by atoms with Crippen LogP contribution < -0.4 is 10.1 Å². The fraction of sp³-hybridized carbons (Fsp3) is 0.412. The lowest BCUT2D eigenvalue weighted by molar-refractivity contribution is 0.0928. The molecule has 0 aliphatic heterocycles. The van der Waals surface area contributed by atoms with Crippen LogP contribution in [-0.4, -0.2) is 28.8 Å². The van der Waals surface area contributed by atoms with Crippen molar-refractivity contribution in [2.75, 3.05) is 7.11 Å². The number of aromatic nitrogens is 2. The summed E-state index contributed by atoms with van der Waals surface area (Å²) in [5.41, 5.74) is 2.35. The Bertz CT molecular complexity index is 632. The zero-order valence-electron chi connectivity index (χ0n) is 13.6. The maximum atomic E-state index is 12.3. The molecule has 0 fully saturated rings. The van der Waals surface area contributed by atoms with Gasteiger partial charge in [0.15, 0.2) is 0 Å². The Hall–Kier alpha value is -2.30. The van der Waals surface area contributed by atoms with Crippen molar-refractivity contribution in [3.8, 4) is 17.0 Å². The highest BCUT2D eigenvalue weighted by Gasteiger charge is 2.16. The fourth-order valence-electron chi connectivity index (χ4n) is 2.14. The molecule has 1 amide bonds. The number of hydrogen-bond acceptors (Lipinski definition) is 3. The Balaban J connectivity index is 2.29. The molecule has 118 valence electrons. The van der Waals surface area contributed by atoms with Crippen LogP contribution in [0.5, 0.6) is 5.75 Å². The van der Waals surface area contributed by atoms with Gasteiger partial charge in [-0.1, -0.05) is 6.92 Å². The summed E-state index contributed by atoms with van der Waals surface area (Å²) in [6, 6.07) is 9.65. The van der Waals surface area contributed by atoms with Gasteiger partial charge in [0.05, 0.1) is 12.8 Å². The van der Waals surface area contributed by atoms with E-state index in [4.69, 9.17) is 4.74 Å². The molecule has 1 N–H and O–H groups in total. The summed E-state index contributed by atoms with van der Waals surface area (Å²) >= 11 is 0. The maximum Gasteiger partial charge on any atom is 0.269 e. The number of rotatable bonds is 6. The molecule has 2 aromatic rings. The first-order valence-electron chi connectivity index (χ1n) is 7.62. The number of benzene rings is 1. The molecule has 0 saturated heterocycles. The van der Waals surface area contributed by atoms with Crippen LogP contribution in [0.1, 0.15) is 37.7 Å². The van der Waals surface area contributed by atoms with Crippen molar-refractivity contribution >= 4 is 5.91 Å². The van der Waals surface area contributed by atoms with Crippen LogP contribution in [0.15, 0.2) is 30.3 Å². The van der Waals surface area contributed by atoms with E-state index in [0.717, 1.165) is 23.4 Å². The van der Waals surface area contributed by atoms with Crippen molar-refractivity contribution < 1.29 is 9.53 Å². The third kappa shape index (κ3) is 3.47. The molecule has 0 unspecified atom stereocenters. The zero-order chi connectivity index (χ0) is 16.1. The quantitative estimate of drug-likeness (QED) is 0.892. The van der Waals surface area contributed by atoms with E-state index in [1.54, 1.807) is 11.8 Å². The van der Waals surface area contributed by atoms with E-state index in [1.807, 2.05) is 51.1 Å². The molecule has 5 nitrogen and oxygen atoms in total. The van der Waals surface area contributed by atoms with Crippen molar-refractivity contribution in [2.24, 2.45) is 0 Å². The molecule has 1 heterocycles. The molecule has 0 aliphatic carbocycles. The van der Waals surface area contributed by atoms with Crippen LogP contribution in [0.2, 0.25) is 0 Å². The number of carbonyl (C=O) groups is 1. The van der Waals surface area contributed by atoms with Crippen LogP contribution in [-0.2, 0) is 6.54 Å². The van der Waals surface area contributed by atoms with Crippen molar-refractivity contribution in [3.05, 3.63) is 36.0 Å². The topological polar surface area (TPSA) is 56.1 Å². The minimum atomic E-state index is -0.0801. The summed E-state index contributed by atoms with van der Waals surface area (Å²) in [5, 5.41) is 7.51. The van der Waals surface area contributed by atoms with Crippen molar-refractivity contribution in [3.63, 3.8) is 0 Å². The van der Waals surface area contributed by atoms with Gasteiger partial charge in [-0.2, -0.15) is 5.10 Å². The predicted octanol–water partition coefficient (Wildman–Crippen LogP) is 3.11. The van der Waals surface area contributed by atoms with Crippen molar-refractivity contribution in [1.29, 1.82) is 0 Å². The van der Waals surface area contributed by atoms with E-state index >= 15 is 0 Å². The van der Waals surface area contributed by atoms with Crippen molar-refractivity contribution in [1.82, 2.24) is 15.1 Å². The number of ether oxygens (including phenoxy) is 1. The van der Waals surface area contributed by atoms with Gasteiger partial charge in [-0.25, -0.2) is 0 Å². The predicted molar refractivity (Wildman–Crippen MR) is 87.1 cm³/mol. The second-order valence-electron chi connectivity index (χ2n) is 5.24. The van der Waals surface area contributed by atoms with Gasteiger partial charge >= 0.3 is 0 Å². The van der Waals surface area contributed by atoms with Gasteiger partial charge in [0, 0.05) is 18.2 Å². The molecule has 1 aromatic heterocycles. The van der Waals surface area contributed by atoms with Gasteiger partial charge in [0.1, 0.15) is 11.4 Å². The first-order valence-corrected chi connectivity index (χ1v) is 7.62. The minimum absolute atomic E-state index is 0.0801. The van der Waals surface area contributed by atoms with E-state index < -0.39 is 0 Å². The molecule has 22 heavy (non-hydrogen) atoms. The summed E-state index contributed by atoms with van der Waals surface area (Å²) < 4.78 is 6.89. The van der Waals surface area contributed by atoms with Crippen molar-refractivity contribution in [2.45, 2.75) is 39.8 Å². The molecule has 0 bridgehead atoms. The van der Waals surface area contributed by atoms with Gasteiger partial charge < -0.3 is 10.1 Å². The smallest absolute Gasteiger partial charge is 0.269 e. The lowest BCUT2D eigenvalue weighted by Gasteiger charge is -2.11. The maximum absolute atomic E-state index is 12.3. The van der Waals surface area contributed by atoms with E-state index in [1.165, 1.54) is 0 Å². The van der Waals surface area contributed by atoms with E-state index in [-0.39, 0.29) is 11.9 Å². The number of nitrogens with zero attached hydrogens (tertiary/aromatic N) is 2. The fourth-order valence-corrected chi connectivity index (χ4v) is 2.14. The zero-order valence-corrected chi connectivity index (χ0v) is 13.6. The first-order chi connectivity index (χ1) is 10.6. The van der Waals surface area contributed by atoms with Crippen LogP contribution in [0.4, 0.5) is 0 Å². The normalized spacial score (nSPS) is 12.0. The standard InChI is InChI=1S/C17H23N3O2/c1-5-12(3)18-17(21)16-11-15(19-20(16)6-2)13-7-9-14(22-4)10-8-13/h7-12H,5-6H2,1-4H3,(H,18,21)/t12-/m0/s1. The number of carbonyl (C=O) groups excluding carboxylic acids is 1. The molecule has 2 rings (SSSR count). The number of methoxy groups -OCH3 is 1. The van der Waals surface area contributed by atoms with Gasteiger partial charge in [0.25, 0.3) is 5.91 Å². The Morgan fingerprint density at radius 1 is 1.32 bits per heavy atom. The Kier molecular flexibility index (Phi) is 5.20. The minimum Gasteiger partial charge on any atom is -0.497 e. The van der Waals surface area contributed by atoms with Gasteiger partial charge in [-0.15, -0.1) is 0 Å². The van der Waals surface area contributed by atoms with E-state index in [9.17, 15) is 4.79 Å². The van der Waals surface area contributed by atoms with Crippen LogP contribution in [0, 0.1) is 0 Å². The van der Waals surface area contributed by atoms with E-state index in [2.05, 4.69) is 10.4 Å². The lowest BCUT2D eigenvalue weighted by Crippen LogP contribution is -2.33. The number of hydrogen-bond donors (Lipinski definition) is 1. The Morgan fingerprint density at radius 3 is 2.55 bits per heavy atom. The summed E-state index contributed by atoms with van der Waals surface area (Å²) in [5.74, 6) is 0.719. The van der Waals surface area contributed by atoms with Gasteiger partial charge in [-0.3, -0.25) is 9.48 Å². The highest BCUT2D eigenvalue weighted by Crippen LogP contribution is 2.22. The molecule has 0 aliphatic rings. The molecule has 0 radical (unpaired) electrons. The molecule has 1 atom stereocenters. The van der Waals surface area contributed by atoms with Crippen LogP contribution in [0.3, 0.4) is 0 Å². The second kappa shape index (κ2) is 7.11. The second-order valence-corrected chi connectivity index (χ2v) is 5.24. The highest BCUT2D eigenvalue weighted by atomic mass is 16.5. The largest absolute Gasteiger partial charge is 0.497 e. The molecule has 0 saturated carbocycles. The number of nitrogens with one attached hydrogen (secondary N) is 1. The average Bonchev–Trinajstić information content (AvgIpc) is 2.99. The molecule has 0 spiro atoms. The molecular weight excluding hydrogens is 278 g/mol.